The summed E-state index contributed by atoms with van der Waals surface area (Å²) in [6.45, 7) is 2.90. The van der Waals surface area contributed by atoms with E-state index in [-0.39, 0.29) is 5.92 Å². The lowest BCUT2D eigenvalue weighted by atomic mass is 9.88. The lowest BCUT2D eigenvalue weighted by Crippen LogP contribution is -2.51. The number of amides is 1. The summed E-state index contributed by atoms with van der Waals surface area (Å²) in [7, 11) is 0. The van der Waals surface area contributed by atoms with Crippen LogP contribution < -0.4 is 10.6 Å². The van der Waals surface area contributed by atoms with Gasteiger partial charge in [0.25, 0.3) is 0 Å². The van der Waals surface area contributed by atoms with E-state index in [4.69, 9.17) is 17.3 Å². The quantitative estimate of drug-likeness (QED) is 0.900. The summed E-state index contributed by atoms with van der Waals surface area (Å²) >= 11 is 6.18. The molecule has 3 rings (SSSR count). The highest BCUT2D eigenvalue weighted by Gasteiger charge is 2.29. The number of nitrogens with two attached hydrogens (primary N) is 1. The summed E-state index contributed by atoms with van der Waals surface area (Å²) in [5, 5.41) is 0.398. The molecule has 1 aromatic rings. The first-order valence-electron chi connectivity index (χ1n) is 7.96. The topological polar surface area (TPSA) is 75.3 Å². The van der Waals surface area contributed by atoms with Crippen LogP contribution in [0.3, 0.4) is 0 Å². The Kier molecular flexibility index (Phi) is 4.66. The van der Waals surface area contributed by atoms with Gasteiger partial charge in [-0.1, -0.05) is 30.9 Å². The summed E-state index contributed by atoms with van der Waals surface area (Å²) in [4.78, 5) is 24.7. The van der Waals surface area contributed by atoms with E-state index in [1.165, 1.54) is 25.6 Å². The van der Waals surface area contributed by atoms with Gasteiger partial charge in [-0.15, -0.1) is 0 Å². The van der Waals surface area contributed by atoms with Gasteiger partial charge in [-0.05, 0) is 12.8 Å². The molecule has 7 heteroatoms. The number of carbonyl (C=O) groups excluding carboxylic acids is 1. The van der Waals surface area contributed by atoms with Gasteiger partial charge in [-0.3, -0.25) is 4.79 Å². The summed E-state index contributed by atoms with van der Waals surface area (Å²) in [6.07, 6.45) is 7.17. The van der Waals surface area contributed by atoms with Crippen molar-refractivity contribution in [3.05, 3.63) is 11.3 Å². The van der Waals surface area contributed by atoms with Gasteiger partial charge in [0.1, 0.15) is 17.2 Å². The van der Waals surface area contributed by atoms with Crippen molar-refractivity contribution < 1.29 is 4.79 Å². The molecule has 2 aliphatic rings. The normalized spacial score (nSPS) is 20.2. The van der Waals surface area contributed by atoms with Crippen molar-refractivity contribution in [3.63, 3.8) is 0 Å². The van der Waals surface area contributed by atoms with Gasteiger partial charge in [0.15, 0.2) is 5.82 Å². The van der Waals surface area contributed by atoms with Crippen molar-refractivity contribution in [2.75, 3.05) is 36.8 Å². The molecule has 2 heterocycles. The zero-order valence-electron chi connectivity index (χ0n) is 12.7. The molecule has 0 atom stereocenters. The summed E-state index contributed by atoms with van der Waals surface area (Å²) in [5.74, 6) is 1.53. The Bertz CT molecular complexity index is 539. The molecule has 6 nitrogen and oxygen atoms in total. The molecule has 2 N–H and O–H groups in total. The van der Waals surface area contributed by atoms with Gasteiger partial charge in [-0.25, -0.2) is 9.97 Å². The second kappa shape index (κ2) is 6.69. The first-order chi connectivity index (χ1) is 10.7. The van der Waals surface area contributed by atoms with Gasteiger partial charge < -0.3 is 15.5 Å². The van der Waals surface area contributed by atoms with Crippen LogP contribution in [0.15, 0.2) is 6.33 Å². The maximum Gasteiger partial charge on any atom is 0.225 e. The SMILES string of the molecule is Nc1ncnc(N2CCN(C(=O)C3CCCCC3)CC2)c1Cl. The Morgan fingerprint density at radius 1 is 1.14 bits per heavy atom. The van der Waals surface area contributed by atoms with E-state index in [0.29, 0.717) is 22.6 Å². The van der Waals surface area contributed by atoms with Crippen molar-refractivity contribution >= 4 is 29.1 Å². The molecule has 0 unspecified atom stereocenters. The highest BCUT2D eigenvalue weighted by Crippen LogP contribution is 2.29. The molecular formula is C15H22ClN5O. The van der Waals surface area contributed by atoms with E-state index in [0.717, 1.165) is 39.0 Å². The van der Waals surface area contributed by atoms with Crippen LogP contribution in [-0.4, -0.2) is 47.0 Å². The molecule has 1 aliphatic carbocycles. The molecule has 0 radical (unpaired) electrons. The lowest BCUT2D eigenvalue weighted by molar-refractivity contribution is -0.136. The van der Waals surface area contributed by atoms with E-state index in [2.05, 4.69) is 14.9 Å². The Morgan fingerprint density at radius 3 is 2.50 bits per heavy atom. The van der Waals surface area contributed by atoms with E-state index in [9.17, 15) is 4.79 Å². The van der Waals surface area contributed by atoms with Gasteiger partial charge in [0.05, 0.1) is 0 Å². The first kappa shape index (κ1) is 15.3. The van der Waals surface area contributed by atoms with E-state index >= 15 is 0 Å². The molecule has 0 aromatic carbocycles. The maximum absolute atomic E-state index is 12.6. The van der Waals surface area contributed by atoms with Crippen LogP contribution in [-0.2, 0) is 4.79 Å². The fourth-order valence-electron chi connectivity index (χ4n) is 3.34. The number of nitrogens with zero attached hydrogens (tertiary/aromatic N) is 4. The number of halogens is 1. The molecule has 1 aliphatic heterocycles. The van der Waals surface area contributed by atoms with Crippen molar-refractivity contribution in [1.82, 2.24) is 14.9 Å². The number of piperazine rings is 1. The average molecular weight is 324 g/mol. The highest BCUT2D eigenvalue weighted by molar-refractivity contribution is 6.35. The van der Waals surface area contributed by atoms with Gasteiger partial charge in [-0.2, -0.15) is 0 Å². The molecule has 0 bridgehead atoms. The number of hydrogen-bond acceptors (Lipinski definition) is 5. The molecule has 0 spiro atoms. The Morgan fingerprint density at radius 2 is 1.82 bits per heavy atom. The van der Waals surface area contributed by atoms with Crippen molar-refractivity contribution in [2.24, 2.45) is 5.92 Å². The smallest absolute Gasteiger partial charge is 0.225 e. The lowest BCUT2D eigenvalue weighted by Gasteiger charge is -2.37. The third-order valence-corrected chi connectivity index (χ3v) is 5.01. The molecule has 1 saturated carbocycles. The Labute approximate surface area is 135 Å². The average Bonchev–Trinajstić information content (AvgIpc) is 2.58. The minimum atomic E-state index is 0.235. The predicted octanol–water partition coefficient (Wildman–Crippen LogP) is 1.94. The van der Waals surface area contributed by atoms with E-state index < -0.39 is 0 Å². The fraction of sp³-hybridized carbons (Fsp3) is 0.667. The number of nitrogen functional groups attached to an aromatic ring is 1. The fourth-order valence-corrected chi connectivity index (χ4v) is 3.56. The molecule has 120 valence electrons. The van der Waals surface area contributed by atoms with Crippen LogP contribution >= 0.6 is 11.6 Å². The first-order valence-corrected chi connectivity index (χ1v) is 8.34. The number of aromatic nitrogens is 2. The van der Waals surface area contributed by atoms with Crippen molar-refractivity contribution in [1.29, 1.82) is 0 Å². The third-order valence-electron chi connectivity index (χ3n) is 4.64. The van der Waals surface area contributed by atoms with E-state index in [1.807, 2.05) is 4.90 Å². The largest absolute Gasteiger partial charge is 0.382 e. The highest BCUT2D eigenvalue weighted by atomic mass is 35.5. The molecular weight excluding hydrogens is 302 g/mol. The molecule has 1 saturated heterocycles. The van der Waals surface area contributed by atoms with Crippen LogP contribution in [0.2, 0.25) is 5.02 Å². The van der Waals surface area contributed by atoms with Gasteiger partial charge in [0, 0.05) is 32.1 Å². The second-order valence-electron chi connectivity index (χ2n) is 6.04. The molecule has 2 fully saturated rings. The summed E-state index contributed by atoms with van der Waals surface area (Å²) in [5.41, 5.74) is 5.73. The van der Waals surface area contributed by atoms with E-state index in [1.54, 1.807) is 0 Å². The second-order valence-corrected chi connectivity index (χ2v) is 6.42. The number of carbonyl (C=O) groups is 1. The van der Waals surface area contributed by atoms with Crippen LogP contribution in [0, 0.1) is 5.92 Å². The molecule has 1 aromatic heterocycles. The van der Waals surface area contributed by atoms with Crippen molar-refractivity contribution in [3.8, 4) is 0 Å². The zero-order chi connectivity index (χ0) is 15.5. The predicted molar refractivity (Wildman–Crippen MR) is 86.8 cm³/mol. The molecule has 22 heavy (non-hydrogen) atoms. The number of rotatable bonds is 2. The zero-order valence-corrected chi connectivity index (χ0v) is 13.4. The minimum Gasteiger partial charge on any atom is -0.382 e. The number of anilines is 2. The summed E-state index contributed by atoms with van der Waals surface area (Å²) in [6, 6.07) is 0. The van der Waals surface area contributed by atoms with Crippen LogP contribution in [0.4, 0.5) is 11.6 Å². The van der Waals surface area contributed by atoms with Crippen LogP contribution in [0.1, 0.15) is 32.1 Å². The van der Waals surface area contributed by atoms with Gasteiger partial charge >= 0.3 is 0 Å². The minimum absolute atomic E-state index is 0.235. The number of hydrogen-bond donors (Lipinski definition) is 1. The van der Waals surface area contributed by atoms with Crippen LogP contribution in [0.5, 0.6) is 0 Å². The maximum atomic E-state index is 12.6. The van der Waals surface area contributed by atoms with Crippen molar-refractivity contribution in [2.45, 2.75) is 32.1 Å². The molecule has 1 amide bonds. The van der Waals surface area contributed by atoms with Crippen LogP contribution in [0.25, 0.3) is 0 Å². The summed E-state index contributed by atoms with van der Waals surface area (Å²) < 4.78 is 0. The standard InChI is InChI=1S/C15H22ClN5O/c16-12-13(17)18-10-19-14(12)20-6-8-21(9-7-20)15(22)11-4-2-1-3-5-11/h10-11H,1-9H2,(H2,17,18,19). The monoisotopic (exact) mass is 323 g/mol. The van der Waals surface area contributed by atoms with Gasteiger partial charge in [0.2, 0.25) is 5.91 Å². The third kappa shape index (κ3) is 3.11. The Balaban J connectivity index is 1.60. The Hall–Kier alpha value is -1.56.